The maximum Gasteiger partial charge on any atom is 0.416 e. The Morgan fingerprint density at radius 1 is 0.889 bits per heavy atom. The number of carbonyl (C=O) groups excluding carboxylic acids is 1. The molecule has 2 saturated heterocycles. The van der Waals surface area contributed by atoms with Crippen LogP contribution in [0.2, 0.25) is 0 Å². The third-order valence-electron chi connectivity index (χ3n) is 10.9. The van der Waals surface area contributed by atoms with Crippen molar-refractivity contribution in [3.63, 3.8) is 0 Å². The van der Waals surface area contributed by atoms with E-state index in [2.05, 4.69) is 17.2 Å². The van der Waals surface area contributed by atoms with E-state index in [0.29, 0.717) is 69.3 Å². The predicted octanol–water partition coefficient (Wildman–Crippen LogP) is 7.56. The number of aromatic nitrogens is 2. The van der Waals surface area contributed by atoms with E-state index in [1.54, 1.807) is 5.01 Å². The first-order valence-electron chi connectivity index (χ1n) is 18.3. The summed E-state index contributed by atoms with van der Waals surface area (Å²) in [5.74, 6) is 7.23. The number of nitrogens with one attached hydrogen (secondary N) is 2. The van der Waals surface area contributed by atoms with Gasteiger partial charge in [0.25, 0.3) is 0 Å². The quantitative estimate of drug-likeness (QED) is 0.121. The molecule has 3 aliphatic heterocycles. The number of piperidine rings is 2. The van der Waals surface area contributed by atoms with Crippen LogP contribution in [0.15, 0.2) is 79.1 Å². The average molecular weight is 755 g/mol. The molecule has 1 atom stereocenters. The van der Waals surface area contributed by atoms with Crippen LogP contribution in [0.25, 0.3) is 11.0 Å². The van der Waals surface area contributed by atoms with Gasteiger partial charge in [0, 0.05) is 51.0 Å². The van der Waals surface area contributed by atoms with Crippen LogP contribution in [-0.4, -0.2) is 69.2 Å². The summed E-state index contributed by atoms with van der Waals surface area (Å²) in [6, 6.07) is 15.9. The molecule has 9 nitrogen and oxygen atoms in total. The highest BCUT2D eigenvalue weighted by Crippen LogP contribution is 2.38. The number of amides is 2. The van der Waals surface area contributed by atoms with Crippen molar-refractivity contribution in [1.82, 2.24) is 29.7 Å². The number of alkyl halides is 6. The molecule has 288 valence electrons. The average Bonchev–Trinajstić information content (AvgIpc) is 3.40. The molecule has 0 bridgehead atoms. The largest absolute Gasteiger partial charge is 0.416 e. The minimum absolute atomic E-state index is 0.0193. The molecule has 3 aliphatic rings. The Kier molecular flexibility index (Phi) is 10.5. The molecule has 4 N–H and O–H groups in total. The fourth-order valence-corrected chi connectivity index (χ4v) is 8.00. The van der Waals surface area contributed by atoms with Gasteiger partial charge in [0.2, 0.25) is 0 Å². The Balaban J connectivity index is 1.16. The van der Waals surface area contributed by atoms with E-state index in [0.717, 1.165) is 48.2 Å². The van der Waals surface area contributed by atoms with Gasteiger partial charge < -0.3 is 25.0 Å². The fourth-order valence-electron chi connectivity index (χ4n) is 8.00. The van der Waals surface area contributed by atoms with Crippen molar-refractivity contribution in [2.45, 2.75) is 69.5 Å². The Bertz CT molecular complexity index is 1950. The predicted molar refractivity (Wildman–Crippen MR) is 194 cm³/mol. The molecule has 0 aliphatic carbocycles. The molecule has 0 radical (unpaired) electrons. The zero-order valence-electron chi connectivity index (χ0n) is 29.8. The van der Waals surface area contributed by atoms with E-state index >= 15 is 0 Å². The number of hydrogen-bond acceptors (Lipinski definition) is 6. The van der Waals surface area contributed by atoms with Gasteiger partial charge in [-0.15, -0.1) is 0 Å². The first-order valence-corrected chi connectivity index (χ1v) is 18.3. The number of rotatable bonds is 9. The topological polar surface area (TPSA) is 94.7 Å². The van der Waals surface area contributed by atoms with Gasteiger partial charge in [-0.05, 0) is 92.0 Å². The Morgan fingerprint density at radius 2 is 1.54 bits per heavy atom. The summed E-state index contributed by atoms with van der Waals surface area (Å²) in [5.41, 5.74) is 0.505. The normalized spacial score (nSPS) is 18.7. The number of para-hydroxylation sites is 3. The SMILES string of the molecule is C=C(NC(Cc1cc(C(F)(F)F)cc(C(F)(F)F)c1)c1nc2ccccc2n1CC1CCN(N)CC1)N1CCC(N2CCc3ccccc3NC2=O)CC1. The first kappa shape index (κ1) is 37.6. The van der Waals surface area contributed by atoms with Crippen LogP contribution in [0.3, 0.4) is 0 Å². The Labute approximate surface area is 309 Å². The molecule has 0 spiro atoms. The molecule has 0 saturated carbocycles. The van der Waals surface area contributed by atoms with Crippen molar-refractivity contribution < 1.29 is 31.1 Å². The standard InChI is InChI=1S/C39H44F6N8O/c1-25(50-15-13-31(14-16-50)52-19-12-28-6-2-3-7-32(28)49-37(52)54)47-34(22-27-20-29(38(40,41)42)23-30(21-27)39(43,44)45)36-48-33-8-4-5-9-35(33)53(36)24-26-10-17-51(46)18-11-26/h2-9,20-21,23,26,31,34,47H,1,10-19,22,24,46H2,(H,49,54). The number of carbonyl (C=O) groups is 1. The highest BCUT2D eigenvalue weighted by atomic mass is 19.4. The highest BCUT2D eigenvalue weighted by molar-refractivity contribution is 5.91. The van der Waals surface area contributed by atoms with Crippen molar-refractivity contribution in [2.24, 2.45) is 11.8 Å². The van der Waals surface area contributed by atoms with Gasteiger partial charge in [0.05, 0.1) is 34.0 Å². The molecule has 2 amide bonds. The van der Waals surface area contributed by atoms with E-state index < -0.39 is 29.5 Å². The number of nitrogens with zero attached hydrogens (tertiary/aromatic N) is 5. The van der Waals surface area contributed by atoms with E-state index in [1.807, 2.05) is 62.9 Å². The van der Waals surface area contributed by atoms with Crippen LogP contribution < -0.4 is 16.5 Å². The van der Waals surface area contributed by atoms with Gasteiger partial charge in [-0.2, -0.15) is 26.3 Å². The van der Waals surface area contributed by atoms with Crippen LogP contribution in [0.5, 0.6) is 0 Å². The Morgan fingerprint density at radius 3 is 2.22 bits per heavy atom. The first-order chi connectivity index (χ1) is 25.7. The van der Waals surface area contributed by atoms with Gasteiger partial charge in [-0.1, -0.05) is 36.9 Å². The maximum atomic E-state index is 14.0. The van der Waals surface area contributed by atoms with Crippen molar-refractivity contribution in [3.05, 3.63) is 107 Å². The lowest BCUT2D eigenvalue weighted by molar-refractivity contribution is -0.143. The number of nitrogens with two attached hydrogens (primary N) is 1. The number of halogens is 6. The van der Waals surface area contributed by atoms with Crippen LogP contribution in [0.4, 0.5) is 36.8 Å². The van der Waals surface area contributed by atoms with Crippen molar-refractivity contribution >= 4 is 22.8 Å². The molecule has 54 heavy (non-hydrogen) atoms. The molecule has 3 aromatic carbocycles. The maximum absolute atomic E-state index is 14.0. The molecule has 2 fully saturated rings. The van der Waals surface area contributed by atoms with Crippen LogP contribution in [0, 0.1) is 5.92 Å². The summed E-state index contributed by atoms with van der Waals surface area (Å²) < 4.78 is 85.8. The summed E-state index contributed by atoms with van der Waals surface area (Å²) in [7, 11) is 0. The third-order valence-corrected chi connectivity index (χ3v) is 10.9. The second kappa shape index (κ2) is 15.2. The molecule has 7 rings (SSSR count). The number of benzene rings is 3. The fraction of sp³-hybridized carbons (Fsp3) is 0.436. The van der Waals surface area contributed by atoms with Gasteiger partial charge >= 0.3 is 18.4 Å². The molecular formula is C39H44F6N8O. The van der Waals surface area contributed by atoms with Crippen LogP contribution >= 0.6 is 0 Å². The summed E-state index contributed by atoms with van der Waals surface area (Å²) in [4.78, 5) is 22.1. The zero-order chi connectivity index (χ0) is 38.2. The van der Waals surface area contributed by atoms with Gasteiger partial charge in [0.1, 0.15) is 5.82 Å². The van der Waals surface area contributed by atoms with Crippen molar-refractivity contribution in [2.75, 3.05) is 38.0 Å². The summed E-state index contributed by atoms with van der Waals surface area (Å²) >= 11 is 0. The highest BCUT2D eigenvalue weighted by Gasteiger charge is 2.38. The zero-order valence-corrected chi connectivity index (χ0v) is 29.8. The number of imidazole rings is 1. The lowest BCUT2D eigenvalue weighted by Crippen LogP contribution is -2.49. The second-order valence-electron chi connectivity index (χ2n) is 14.6. The van der Waals surface area contributed by atoms with Gasteiger partial charge in [0.15, 0.2) is 0 Å². The van der Waals surface area contributed by atoms with Gasteiger partial charge in [-0.3, -0.25) is 5.84 Å². The number of hydrazine groups is 1. The molecule has 1 unspecified atom stereocenters. The number of likely N-dealkylation sites (tertiary alicyclic amines) is 1. The minimum atomic E-state index is -4.98. The molecule has 15 heteroatoms. The molecule has 4 heterocycles. The number of hydrogen-bond donors (Lipinski definition) is 3. The third kappa shape index (κ3) is 8.31. The monoisotopic (exact) mass is 754 g/mol. The molecule has 4 aromatic rings. The van der Waals surface area contributed by atoms with E-state index in [4.69, 9.17) is 10.8 Å². The number of anilines is 1. The summed E-state index contributed by atoms with van der Waals surface area (Å²) in [6.45, 7) is 7.92. The van der Waals surface area contributed by atoms with E-state index in [-0.39, 0.29) is 36.0 Å². The molecular weight excluding hydrogens is 710 g/mol. The lowest BCUT2D eigenvalue weighted by Gasteiger charge is -2.40. The number of fused-ring (bicyclic) bond motifs is 2. The van der Waals surface area contributed by atoms with Crippen molar-refractivity contribution in [1.29, 1.82) is 0 Å². The minimum Gasteiger partial charge on any atom is -0.362 e. The number of urea groups is 1. The van der Waals surface area contributed by atoms with E-state index in [9.17, 15) is 31.1 Å². The summed E-state index contributed by atoms with van der Waals surface area (Å²) in [6.07, 6.45) is -6.51. The second-order valence-corrected chi connectivity index (χ2v) is 14.6. The Hall–Kier alpha value is -4.76. The molecule has 1 aromatic heterocycles. The summed E-state index contributed by atoms with van der Waals surface area (Å²) in [5, 5.41) is 8.20. The van der Waals surface area contributed by atoms with Gasteiger partial charge in [-0.25, -0.2) is 14.8 Å². The smallest absolute Gasteiger partial charge is 0.362 e. The van der Waals surface area contributed by atoms with Crippen LogP contribution in [-0.2, 0) is 31.7 Å². The van der Waals surface area contributed by atoms with E-state index in [1.165, 1.54) is 0 Å². The van der Waals surface area contributed by atoms with Crippen LogP contribution in [0.1, 0.15) is 59.8 Å². The van der Waals surface area contributed by atoms with Crippen molar-refractivity contribution in [3.8, 4) is 0 Å². The lowest BCUT2D eigenvalue weighted by atomic mass is 9.96.